The SMILES string of the molecule is COc1cccc(CN2CCC3(CC2)CC(=O)N2C[C@@H](N(C)C4CCC4)C[C@H]2C(=O)N3)c1. The number of hydrogen-bond donors (Lipinski definition) is 1. The average molecular weight is 441 g/mol. The van der Waals surface area contributed by atoms with Gasteiger partial charge in [0.1, 0.15) is 11.8 Å². The minimum atomic E-state index is -0.390. The molecule has 2 amide bonds. The minimum Gasteiger partial charge on any atom is -0.497 e. The lowest BCUT2D eigenvalue weighted by Crippen LogP contribution is -2.56. The number of nitrogens with zero attached hydrogens (tertiary/aromatic N) is 3. The lowest BCUT2D eigenvalue weighted by Gasteiger charge is -2.41. The summed E-state index contributed by atoms with van der Waals surface area (Å²) in [4.78, 5) is 33.2. The standard InChI is InChI=1S/C25H36N4O3/c1-27(19-6-4-7-19)20-14-22-24(31)26-25(15-23(30)29(22)17-20)9-11-28(12-10-25)16-18-5-3-8-21(13-18)32-2/h3,5,8,13,19-20,22H,4,6-7,9-12,14-17H2,1-2H3,(H,26,31)/t20-,22-/m0/s1. The van der Waals surface area contributed by atoms with Crippen molar-refractivity contribution < 1.29 is 14.3 Å². The monoisotopic (exact) mass is 440 g/mol. The summed E-state index contributed by atoms with van der Waals surface area (Å²) < 4.78 is 5.34. The number of carbonyl (C=O) groups is 2. The van der Waals surface area contributed by atoms with Crippen LogP contribution in [-0.2, 0) is 16.1 Å². The molecule has 1 aromatic rings. The van der Waals surface area contributed by atoms with Crippen LogP contribution in [0.1, 0.15) is 50.5 Å². The van der Waals surface area contributed by atoms with E-state index in [2.05, 4.69) is 34.3 Å². The molecule has 0 aromatic heterocycles. The lowest BCUT2D eigenvalue weighted by molar-refractivity contribution is -0.135. The first-order valence-corrected chi connectivity index (χ1v) is 12.1. The van der Waals surface area contributed by atoms with Gasteiger partial charge in [-0.25, -0.2) is 0 Å². The Morgan fingerprint density at radius 2 is 1.97 bits per heavy atom. The van der Waals surface area contributed by atoms with Crippen LogP contribution < -0.4 is 10.1 Å². The fourth-order valence-corrected chi connectivity index (χ4v) is 5.97. The molecule has 4 aliphatic rings. The highest BCUT2D eigenvalue weighted by Crippen LogP contribution is 2.35. The number of likely N-dealkylation sites (tertiary alicyclic amines) is 1. The molecular formula is C25H36N4O3. The molecule has 4 fully saturated rings. The second-order valence-corrected chi connectivity index (χ2v) is 10.3. The molecular weight excluding hydrogens is 404 g/mol. The Bertz CT molecular complexity index is 834. The second kappa shape index (κ2) is 8.67. The van der Waals surface area contributed by atoms with Crippen molar-refractivity contribution in [1.29, 1.82) is 0 Å². The van der Waals surface area contributed by atoms with Crippen molar-refractivity contribution in [3.8, 4) is 5.75 Å². The number of methoxy groups -OCH3 is 1. The molecule has 5 rings (SSSR count). The number of likely N-dealkylation sites (N-methyl/N-ethyl adjacent to an activating group) is 1. The van der Waals surface area contributed by atoms with Crippen molar-refractivity contribution in [2.75, 3.05) is 33.8 Å². The van der Waals surface area contributed by atoms with Gasteiger partial charge in [-0.3, -0.25) is 19.4 Å². The molecule has 7 nitrogen and oxygen atoms in total. The highest BCUT2D eigenvalue weighted by Gasteiger charge is 2.50. The molecule has 0 radical (unpaired) electrons. The summed E-state index contributed by atoms with van der Waals surface area (Å²) in [5.41, 5.74) is 0.835. The van der Waals surface area contributed by atoms with E-state index in [1.165, 1.54) is 24.8 Å². The quantitative estimate of drug-likeness (QED) is 0.759. The van der Waals surface area contributed by atoms with Gasteiger partial charge in [0.05, 0.1) is 19.1 Å². The molecule has 1 aromatic carbocycles. The second-order valence-electron chi connectivity index (χ2n) is 10.3. The Kier molecular flexibility index (Phi) is 5.88. The van der Waals surface area contributed by atoms with E-state index < -0.39 is 5.54 Å². The van der Waals surface area contributed by atoms with Crippen molar-refractivity contribution in [1.82, 2.24) is 20.0 Å². The smallest absolute Gasteiger partial charge is 0.243 e. The zero-order valence-corrected chi connectivity index (χ0v) is 19.4. The maximum atomic E-state index is 13.3. The summed E-state index contributed by atoms with van der Waals surface area (Å²) in [6, 6.07) is 8.81. The maximum absolute atomic E-state index is 13.3. The lowest BCUT2D eigenvalue weighted by atomic mass is 9.83. The van der Waals surface area contributed by atoms with Crippen LogP contribution in [0.25, 0.3) is 0 Å². The molecule has 0 bridgehead atoms. The maximum Gasteiger partial charge on any atom is 0.243 e. The molecule has 32 heavy (non-hydrogen) atoms. The average Bonchev–Trinajstić information content (AvgIpc) is 3.17. The third-order valence-corrected chi connectivity index (χ3v) is 8.36. The van der Waals surface area contributed by atoms with E-state index in [9.17, 15) is 9.59 Å². The number of amides is 2. The summed E-state index contributed by atoms with van der Waals surface area (Å²) in [5, 5.41) is 3.35. The molecule has 3 saturated heterocycles. The molecule has 7 heteroatoms. The van der Waals surface area contributed by atoms with Crippen LogP contribution in [0.5, 0.6) is 5.75 Å². The topological polar surface area (TPSA) is 65.1 Å². The first-order valence-electron chi connectivity index (χ1n) is 12.1. The molecule has 3 heterocycles. The molecule has 3 aliphatic heterocycles. The fourth-order valence-electron chi connectivity index (χ4n) is 5.97. The molecule has 2 atom stereocenters. The van der Waals surface area contributed by atoms with Gasteiger partial charge in [0.2, 0.25) is 11.8 Å². The van der Waals surface area contributed by atoms with Crippen LogP contribution in [0, 0.1) is 0 Å². The van der Waals surface area contributed by atoms with E-state index in [1.807, 2.05) is 17.0 Å². The summed E-state index contributed by atoms with van der Waals surface area (Å²) in [7, 11) is 3.86. The zero-order chi connectivity index (χ0) is 22.3. The predicted molar refractivity (Wildman–Crippen MR) is 122 cm³/mol. The van der Waals surface area contributed by atoms with Crippen molar-refractivity contribution in [2.45, 2.75) is 75.2 Å². The van der Waals surface area contributed by atoms with Crippen LogP contribution in [0.15, 0.2) is 24.3 Å². The first-order chi connectivity index (χ1) is 15.5. The zero-order valence-electron chi connectivity index (χ0n) is 19.4. The van der Waals surface area contributed by atoms with Crippen molar-refractivity contribution in [3.63, 3.8) is 0 Å². The number of hydrogen-bond acceptors (Lipinski definition) is 5. The van der Waals surface area contributed by atoms with Crippen molar-refractivity contribution in [2.24, 2.45) is 0 Å². The molecule has 1 N–H and O–H groups in total. The van der Waals surface area contributed by atoms with Gasteiger partial charge >= 0.3 is 0 Å². The van der Waals surface area contributed by atoms with E-state index in [0.29, 0.717) is 25.0 Å². The number of piperidine rings is 1. The van der Waals surface area contributed by atoms with Crippen LogP contribution >= 0.6 is 0 Å². The minimum absolute atomic E-state index is 0.0570. The summed E-state index contributed by atoms with van der Waals surface area (Å²) in [6.45, 7) is 3.31. The highest BCUT2D eigenvalue weighted by atomic mass is 16.5. The summed E-state index contributed by atoms with van der Waals surface area (Å²) in [6.07, 6.45) is 6.62. The summed E-state index contributed by atoms with van der Waals surface area (Å²) in [5.74, 6) is 1.08. The fraction of sp³-hybridized carbons (Fsp3) is 0.680. The van der Waals surface area contributed by atoms with Crippen LogP contribution in [0.4, 0.5) is 0 Å². The van der Waals surface area contributed by atoms with Gasteiger partial charge in [0.25, 0.3) is 0 Å². The van der Waals surface area contributed by atoms with Crippen LogP contribution in [0.3, 0.4) is 0 Å². The van der Waals surface area contributed by atoms with Gasteiger partial charge in [0.15, 0.2) is 0 Å². The highest BCUT2D eigenvalue weighted by molar-refractivity contribution is 5.92. The first kappa shape index (κ1) is 21.7. The van der Waals surface area contributed by atoms with E-state index in [4.69, 9.17) is 4.74 Å². The largest absolute Gasteiger partial charge is 0.497 e. The van der Waals surface area contributed by atoms with Crippen LogP contribution in [-0.4, -0.2) is 84.0 Å². The van der Waals surface area contributed by atoms with Crippen molar-refractivity contribution in [3.05, 3.63) is 29.8 Å². The Hall–Kier alpha value is -2.12. The molecule has 1 saturated carbocycles. The Morgan fingerprint density at radius 1 is 1.19 bits per heavy atom. The third-order valence-electron chi connectivity index (χ3n) is 8.36. The number of benzene rings is 1. The van der Waals surface area contributed by atoms with Crippen molar-refractivity contribution >= 4 is 11.8 Å². The van der Waals surface area contributed by atoms with Gasteiger partial charge in [-0.05, 0) is 56.8 Å². The number of ether oxygens (including phenoxy) is 1. The number of rotatable bonds is 5. The van der Waals surface area contributed by atoms with E-state index >= 15 is 0 Å². The van der Waals surface area contributed by atoms with Gasteiger partial charge in [0, 0.05) is 38.3 Å². The van der Waals surface area contributed by atoms with E-state index in [0.717, 1.165) is 44.6 Å². The van der Waals surface area contributed by atoms with Crippen LogP contribution in [0.2, 0.25) is 0 Å². The van der Waals surface area contributed by atoms with Gasteiger partial charge < -0.3 is 15.0 Å². The Morgan fingerprint density at radius 3 is 2.66 bits per heavy atom. The molecule has 1 aliphatic carbocycles. The molecule has 1 spiro atoms. The molecule has 0 unspecified atom stereocenters. The van der Waals surface area contributed by atoms with Gasteiger partial charge in [-0.2, -0.15) is 0 Å². The van der Waals surface area contributed by atoms with E-state index in [1.54, 1.807) is 7.11 Å². The van der Waals surface area contributed by atoms with Gasteiger partial charge in [-0.15, -0.1) is 0 Å². The Labute approximate surface area is 191 Å². The number of nitrogens with one attached hydrogen (secondary N) is 1. The number of fused-ring (bicyclic) bond motifs is 1. The predicted octanol–water partition coefficient (Wildman–Crippen LogP) is 2.00. The summed E-state index contributed by atoms with van der Waals surface area (Å²) >= 11 is 0. The normalized spacial score (nSPS) is 28.4. The number of carbonyl (C=O) groups excluding carboxylic acids is 2. The molecule has 174 valence electrons. The van der Waals surface area contributed by atoms with Gasteiger partial charge in [-0.1, -0.05) is 18.6 Å². The van der Waals surface area contributed by atoms with E-state index in [-0.39, 0.29) is 17.9 Å². The Balaban J connectivity index is 1.20. The third kappa shape index (κ3) is 4.13.